The molecule has 1 amide bonds. The molecular formula is C25H27Cl2N3O4. The van der Waals surface area contributed by atoms with Gasteiger partial charge in [-0.2, -0.15) is 0 Å². The van der Waals surface area contributed by atoms with E-state index in [9.17, 15) is 14.4 Å². The smallest absolute Gasteiger partial charge is 0.328 e. The van der Waals surface area contributed by atoms with Crippen LogP contribution in [-0.2, 0) is 20.7 Å². The topological polar surface area (TPSA) is 97.4 Å². The molecule has 0 fully saturated rings. The first-order chi connectivity index (χ1) is 16.1. The van der Waals surface area contributed by atoms with Gasteiger partial charge in [0.05, 0.1) is 27.6 Å². The molecule has 1 heterocycles. The van der Waals surface area contributed by atoms with Gasteiger partial charge in [-0.25, -0.2) is 4.79 Å². The van der Waals surface area contributed by atoms with Gasteiger partial charge in [0, 0.05) is 35.8 Å². The minimum atomic E-state index is -0.654. The van der Waals surface area contributed by atoms with Crippen LogP contribution in [0.5, 0.6) is 0 Å². The summed E-state index contributed by atoms with van der Waals surface area (Å²) < 4.78 is 5.26. The van der Waals surface area contributed by atoms with E-state index in [0.29, 0.717) is 24.1 Å². The number of ketones is 1. The second-order valence-corrected chi connectivity index (χ2v) is 9.26. The van der Waals surface area contributed by atoms with E-state index in [1.54, 1.807) is 19.1 Å². The zero-order chi connectivity index (χ0) is 25.0. The van der Waals surface area contributed by atoms with Gasteiger partial charge in [0.25, 0.3) is 5.91 Å². The Labute approximate surface area is 208 Å². The van der Waals surface area contributed by atoms with Gasteiger partial charge in [-0.05, 0) is 44.9 Å². The molecule has 1 atom stereocenters. The predicted molar refractivity (Wildman–Crippen MR) is 132 cm³/mol. The third-order valence-electron chi connectivity index (χ3n) is 5.74. The van der Waals surface area contributed by atoms with Gasteiger partial charge < -0.3 is 15.4 Å². The van der Waals surface area contributed by atoms with Crippen LogP contribution in [0.2, 0.25) is 10.0 Å². The van der Waals surface area contributed by atoms with E-state index in [2.05, 4.69) is 15.6 Å². The molecule has 0 radical (unpaired) electrons. The monoisotopic (exact) mass is 503 g/mol. The number of anilines is 1. The van der Waals surface area contributed by atoms with Crippen LogP contribution in [0.3, 0.4) is 0 Å². The lowest BCUT2D eigenvalue weighted by Gasteiger charge is -2.40. The summed E-state index contributed by atoms with van der Waals surface area (Å²) in [5.74, 6) is -0.748. The molecular weight excluding hydrogens is 477 g/mol. The van der Waals surface area contributed by atoms with Crippen LogP contribution < -0.4 is 10.6 Å². The number of nitrogens with one attached hydrogen (secondary N) is 2. The van der Waals surface area contributed by atoms with Gasteiger partial charge in [0.2, 0.25) is 0 Å². The van der Waals surface area contributed by atoms with Crippen LogP contribution in [0, 0.1) is 5.41 Å². The Morgan fingerprint density at radius 3 is 2.26 bits per heavy atom. The minimum Gasteiger partial charge on any atom is -0.464 e. The molecule has 9 heteroatoms. The van der Waals surface area contributed by atoms with Gasteiger partial charge in [-0.15, -0.1) is 0 Å². The number of pyridine rings is 1. The Morgan fingerprint density at radius 2 is 1.71 bits per heavy atom. The quantitative estimate of drug-likeness (QED) is 0.468. The number of esters is 1. The van der Waals surface area contributed by atoms with Crippen molar-refractivity contribution in [2.75, 3.05) is 11.9 Å². The molecule has 0 saturated heterocycles. The molecule has 0 spiro atoms. The van der Waals surface area contributed by atoms with E-state index < -0.39 is 17.4 Å². The van der Waals surface area contributed by atoms with Crippen molar-refractivity contribution in [3.8, 4) is 0 Å². The van der Waals surface area contributed by atoms with Crippen molar-refractivity contribution >= 4 is 46.5 Å². The number of carbonyl (C=O) groups is 3. The van der Waals surface area contributed by atoms with Crippen molar-refractivity contribution in [2.45, 2.75) is 46.6 Å². The molecule has 1 aliphatic carbocycles. The fraction of sp³-hybridized carbons (Fsp3) is 0.360. The maximum atomic E-state index is 12.7. The Kier molecular flexibility index (Phi) is 8.00. The molecule has 0 aliphatic heterocycles. The average Bonchev–Trinajstić information content (AvgIpc) is 2.79. The van der Waals surface area contributed by atoms with Crippen LogP contribution in [0.4, 0.5) is 5.69 Å². The fourth-order valence-electron chi connectivity index (χ4n) is 3.92. The number of hydrogen-bond donors (Lipinski definition) is 2. The molecule has 1 aromatic carbocycles. The number of nitrogens with zero attached hydrogens (tertiary/aromatic N) is 1. The molecule has 0 unspecified atom stereocenters. The van der Waals surface area contributed by atoms with Gasteiger partial charge in [-0.3, -0.25) is 14.6 Å². The van der Waals surface area contributed by atoms with E-state index in [1.807, 2.05) is 32.9 Å². The van der Waals surface area contributed by atoms with E-state index in [1.165, 1.54) is 12.4 Å². The number of Topliss-reactive ketones (excluding diaryl/α,β-unsaturated/α-hetero) is 1. The highest BCUT2D eigenvalue weighted by Crippen LogP contribution is 2.42. The van der Waals surface area contributed by atoms with Crippen LogP contribution in [0.15, 0.2) is 47.9 Å². The van der Waals surface area contributed by atoms with E-state index in [0.717, 1.165) is 11.3 Å². The summed E-state index contributed by atoms with van der Waals surface area (Å²) >= 11 is 12.1. The molecule has 2 aromatic rings. The molecule has 7 nitrogen and oxygen atoms in total. The number of hydrogen-bond acceptors (Lipinski definition) is 6. The Morgan fingerprint density at radius 1 is 1.09 bits per heavy atom. The standard InChI is InChI=1S/C25H27Cl2N3O4/c1-5-16-21(25(3,4)22(16)31)30-19(24(33)34-6-2)11-14-7-9-15(10-8-14)29-23(32)20-17(26)12-28-13-18(20)27/h7-10,12-13,19,30H,5-6,11H2,1-4H3,(H,29,32)/t19-/m0/s1. The number of allylic oxidation sites excluding steroid dienone is 2. The van der Waals surface area contributed by atoms with Crippen LogP contribution >= 0.6 is 23.2 Å². The van der Waals surface area contributed by atoms with Crippen LogP contribution in [-0.4, -0.2) is 35.3 Å². The zero-order valence-corrected chi connectivity index (χ0v) is 21.0. The normalized spacial score (nSPS) is 15.4. The van der Waals surface area contributed by atoms with Crippen molar-refractivity contribution in [2.24, 2.45) is 5.41 Å². The highest BCUT2D eigenvalue weighted by Gasteiger charge is 2.46. The summed E-state index contributed by atoms with van der Waals surface area (Å²) in [6, 6.07) is 6.42. The first-order valence-electron chi connectivity index (χ1n) is 11.0. The highest BCUT2D eigenvalue weighted by molar-refractivity contribution is 6.40. The largest absolute Gasteiger partial charge is 0.464 e. The van der Waals surface area contributed by atoms with E-state index in [4.69, 9.17) is 27.9 Å². The zero-order valence-electron chi connectivity index (χ0n) is 19.5. The lowest BCUT2D eigenvalue weighted by Crippen LogP contribution is -2.51. The summed E-state index contributed by atoms with van der Waals surface area (Å²) in [4.78, 5) is 41.4. The summed E-state index contributed by atoms with van der Waals surface area (Å²) in [7, 11) is 0. The number of halogens is 2. The number of ether oxygens (including phenoxy) is 1. The molecule has 2 N–H and O–H groups in total. The number of benzene rings is 1. The Hall–Kier alpha value is -2.90. The van der Waals surface area contributed by atoms with Gasteiger partial charge >= 0.3 is 5.97 Å². The average molecular weight is 504 g/mol. The third-order valence-corrected chi connectivity index (χ3v) is 6.32. The number of aromatic nitrogens is 1. The number of rotatable bonds is 9. The van der Waals surface area contributed by atoms with Gasteiger partial charge in [0.15, 0.2) is 5.78 Å². The lowest BCUT2D eigenvalue weighted by atomic mass is 9.68. The van der Waals surface area contributed by atoms with Crippen molar-refractivity contribution in [3.63, 3.8) is 0 Å². The second kappa shape index (κ2) is 10.6. The molecule has 0 saturated carbocycles. The van der Waals surface area contributed by atoms with Crippen molar-refractivity contribution < 1.29 is 19.1 Å². The molecule has 3 rings (SSSR count). The summed E-state index contributed by atoms with van der Waals surface area (Å²) in [6.07, 6.45) is 3.65. The number of carbonyl (C=O) groups excluding carboxylic acids is 3. The van der Waals surface area contributed by atoms with Gasteiger partial charge in [-0.1, -0.05) is 42.3 Å². The molecule has 1 aliphatic rings. The lowest BCUT2D eigenvalue weighted by molar-refractivity contribution is -0.145. The Bertz CT molecular complexity index is 1120. The van der Waals surface area contributed by atoms with Crippen molar-refractivity contribution in [1.29, 1.82) is 0 Å². The maximum absolute atomic E-state index is 12.7. The first-order valence-corrected chi connectivity index (χ1v) is 11.8. The van der Waals surface area contributed by atoms with Crippen molar-refractivity contribution in [1.82, 2.24) is 10.3 Å². The third kappa shape index (κ3) is 5.26. The summed E-state index contributed by atoms with van der Waals surface area (Å²) in [5, 5.41) is 6.33. The Balaban J connectivity index is 1.75. The predicted octanol–water partition coefficient (Wildman–Crippen LogP) is 4.98. The van der Waals surface area contributed by atoms with Gasteiger partial charge in [0.1, 0.15) is 6.04 Å². The fourth-order valence-corrected chi connectivity index (χ4v) is 4.45. The highest BCUT2D eigenvalue weighted by atomic mass is 35.5. The molecule has 1 aromatic heterocycles. The van der Waals surface area contributed by atoms with Crippen LogP contribution in [0.25, 0.3) is 0 Å². The van der Waals surface area contributed by atoms with E-state index in [-0.39, 0.29) is 34.0 Å². The van der Waals surface area contributed by atoms with Crippen molar-refractivity contribution in [3.05, 3.63) is 69.1 Å². The SMILES string of the molecule is CCOC(=O)[C@H](Cc1ccc(NC(=O)c2c(Cl)cncc2Cl)cc1)NC1=C(CC)C(=O)C1(C)C. The van der Waals surface area contributed by atoms with E-state index >= 15 is 0 Å². The maximum Gasteiger partial charge on any atom is 0.328 e. The molecule has 180 valence electrons. The first kappa shape index (κ1) is 25.7. The minimum absolute atomic E-state index is 0.0922. The van der Waals surface area contributed by atoms with Crippen LogP contribution in [0.1, 0.15) is 50.0 Å². The second-order valence-electron chi connectivity index (χ2n) is 8.44. The number of amides is 1. The summed E-state index contributed by atoms with van der Waals surface area (Å²) in [6.45, 7) is 7.62. The molecule has 34 heavy (non-hydrogen) atoms. The summed E-state index contributed by atoms with van der Waals surface area (Å²) in [5.41, 5.74) is 2.39. The molecule has 0 bridgehead atoms.